The lowest BCUT2D eigenvalue weighted by Gasteiger charge is -2.25. The number of fused-ring (bicyclic) bond motifs is 14. The number of thiophene rings is 2. The molecule has 0 amide bonds. The summed E-state index contributed by atoms with van der Waals surface area (Å²) in [4.78, 5) is 13.8. The molecule has 0 bridgehead atoms. The maximum absolute atomic E-state index is 11.8. The van der Waals surface area contributed by atoms with Crippen molar-refractivity contribution in [2.75, 3.05) is 0 Å². The van der Waals surface area contributed by atoms with E-state index < -0.39 is 0 Å². The average molecular weight is 825 g/mol. The molecule has 6 heterocycles. The number of rotatable bonds is 4. The topological polar surface area (TPSA) is 63.8 Å². The van der Waals surface area contributed by atoms with Crippen molar-refractivity contribution in [2.45, 2.75) is 0 Å². The molecule has 0 saturated carbocycles. The van der Waals surface area contributed by atoms with Gasteiger partial charge in [-0.1, -0.05) is 109 Å². The monoisotopic (exact) mass is 824 g/mol. The quantitative estimate of drug-likeness (QED) is 0.166. The molecule has 0 radical (unpaired) electrons. The number of pyridine rings is 2. The molecule has 286 valence electrons. The number of hydrogen-bond donors (Lipinski definition) is 0. The molecule has 7 aromatic carbocycles. The molecule has 13 aromatic rings. The molecule has 0 aliphatic carbocycles. The van der Waals surface area contributed by atoms with Gasteiger partial charge in [0.15, 0.2) is 0 Å². The van der Waals surface area contributed by atoms with Crippen LogP contribution in [-0.2, 0) is 0 Å². The molecular formula is C54H28N6S2. The van der Waals surface area contributed by atoms with Crippen molar-refractivity contribution in [3.8, 4) is 39.7 Å². The Balaban J connectivity index is 1.35. The molecule has 6 nitrogen and oxygen atoms in total. The Bertz CT molecular complexity index is 3890. The zero-order valence-electron chi connectivity index (χ0n) is 32.7. The predicted octanol–water partition coefficient (Wildman–Crippen LogP) is 15.2. The highest BCUT2D eigenvalue weighted by atomic mass is 32.1. The van der Waals surface area contributed by atoms with E-state index >= 15 is 0 Å². The molecule has 0 atom stereocenters. The van der Waals surface area contributed by atoms with Crippen LogP contribution in [0.4, 0.5) is 5.69 Å². The van der Waals surface area contributed by atoms with E-state index in [1.165, 1.54) is 20.2 Å². The molecule has 0 fully saturated rings. The van der Waals surface area contributed by atoms with Crippen molar-refractivity contribution in [3.63, 3.8) is 0 Å². The van der Waals surface area contributed by atoms with Crippen LogP contribution in [0.25, 0.3) is 122 Å². The highest BCUT2D eigenvalue weighted by Crippen LogP contribution is 2.54. The molecule has 13 rings (SSSR count). The van der Waals surface area contributed by atoms with E-state index in [1.54, 1.807) is 41.3 Å². The van der Waals surface area contributed by atoms with Gasteiger partial charge in [0.05, 0.1) is 55.0 Å². The predicted molar refractivity (Wildman–Crippen MR) is 258 cm³/mol. The summed E-state index contributed by atoms with van der Waals surface area (Å²) in [6.07, 6.45) is 7.15. The summed E-state index contributed by atoms with van der Waals surface area (Å²) in [6.45, 7) is 9.22. The molecular weight excluding hydrogens is 797 g/mol. The molecule has 62 heavy (non-hydrogen) atoms. The molecule has 8 heteroatoms. The third-order valence-electron chi connectivity index (χ3n) is 12.4. The van der Waals surface area contributed by atoms with Gasteiger partial charge in [-0.2, -0.15) is 5.26 Å². The van der Waals surface area contributed by atoms with E-state index in [2.05, 4.69) is 152 Å². The Morgan fingerprint density at radius 3 is 1.45 bits per heavy atom. The molecule has 0 saturated heterocycles. The van der Waals surface area contributed by atoms with Crippen molar-refractivity contribution in [1.82, 2.24) is 19.1 Å². The zero-order chi connectivity index (χ0) is 41.1. The smallest absolute Gasteiger partial charge is 0.220 e. The Morgan fingerprint density at radius 2 is 0.952 bits per heavy atom. The first-order valence-corrected chi connectivity index (χ1v) is 21.9. The largest absolute Gasteiger partial charge is 0.317 e. The normalized spacial score (nSPS) is 11.8. The van der Waals surface area contributed by atoms with Crippen LogP contribution in [0.2, 0.25) is 0 Å². The van der Waals surface area contributed by atoms with Gasteiger partial charge >= 0.3 is 0 Å². The molecule has 6 aromatic heterocycles. The van der Waals surface area contributed by atoms with Gasteiger partial charge in [0.1, 0.15) is 6.07 Å². The van der Waals surface area contributed by atoms with Gasteiger partial charge in [-0.25, -0.2) is 4.85 Å². The van der Waals surface area contributed by atoms with Crippen LogP contribution in [0.1, 0.15) is 5.56 Å². The average Bonchev–Trinajstić information content (AvgIpc) is 4.09. The van der Waals surface area contributed by atoms with E-state index in [1.807, 2.05) is 24.4 Å². The summed E-state index contributed by atoms with van der Waals surface area (Å²) in [7, 11) is 0. The Hall–Kier alpha value is -8.14. The number of nitrogens with zero attached hydrogens (tertiary/aromatic N) is 6. The Labute approximate surface area is 361 Å². The van der Waals surface area contributed by atoms with Crippen LogP contribution in [0.15, 0.2) is 170 Å². The number of aromatic nitrogens is 4. The number of nitriles is 1. The van der Waals surface area contributed by atoms with Crippen molar-refractivity contribution >= 4 is 112 Å². The first-order chi connectivity index (χ1) is 30.7. The van der Waals surface area contributed by atoms with Crippen LogP contribution in [-0.4, -0.2) is 19.1 Å². The number of para-hydroxylation sites is 2. The van der Waals surface area contributed by atoms with Gasteiger partial charge in [-0.3, -0.25) is 9.97 Å². The fraction of sp³-hybridized carbons (Fsp3) is 0. The summed E-state index contributed by atoms with van der Waals surface area (Å²) >= 11 is 3.54. The van der Waals surface area contributed by atoms with E-state index in [4.69, 9.17) is 4.98 Å². The lowest BCUT2D eigenvalue weighted by molar-refractivity contribution is 1.14. The van der Waals surface area contributed by atoms with Gasteiger partial charge in [0.2, 0.25) is 5.69 Å². The molecule has 0 unspecified atom stereocenters. The summed E-state index contributed by atoms with van der Waals surface area (Å²) in [6, 6.07) is 53.5. The van der Waals surface area contributed by atoms with Gasteiger partial charge in [0, 0.05) is 94.0 Å². The lowest BCUT2D eigenvalue weighted by Crippen LogP contribution is -2.09. The molecule has 0 aliphatic heterocycles. The zero-order valence-corrected chi connectivity index (χ0v) is 34.3. The maximum Gasteiger partial charge on any atom is 0.220 e. The fourth-order valence-corrected chi connectivity index (χ4v) is 12.4. The second-order valence-electron chi connectivity index (χ2n) is 15.5. The van der Waals surface area contributed by atoms with Crippen molar-refractivity contribution < 1.29 is 0 Å². The van der Waals surface area contributed by atoms with Gasteiger partial charge < -0.3 is 9.13 Å². The minimum atomic E-state index is 0.366. The lowest BCUT2D eigenvalue weighted by atomic mass is 9.89. The maximum atomic E-state index is 11.8. The third-order valence-corrected chi connectivity index (χ3v) is 14.7. The van der Waals surface area contributed by atoms with Crippen molar-refractivity contribution in [2.24, 2.45) is 0 Å². The van der Waals surface area contributed by atoms with E-state index in [0.29, 0.717) is 33.8 Å². The highest BCUT2D eigenvalue weighted by Gasteiger charge is 2.33. The minimum Gasteiger partial charge on any atom is -0.317 e. The van der Waals surface area contributed by atoms with Crippen LogP contribution in [0, 0.1) is 17.9 Å². The Kier molecular flexibility index (Phi) is 7.38. The summed E-state index contributed by atoms with van der Waals surface area (Å²) < 4.78 is 9.26. The number of benzene rings is 7. The first kappa shape index (κ1) is 34.7. The molecule has 0 N–H and O–H groups in total. The number of hydrogen-bond acceptors (Lipinski definition) is 5. The van der Waals surface area contributed by atoms with E-state index in [-0.39, 0.29) is 0 Å². The van der Waals surface area contributed by atoms with Crippen LogP contribution in [0.3, 0.4) is 0 Å². The van der Waals surface area contributed by atoms with Crippen molar-refractivity contribution in [3.05, 3.63) is 187 Å². The van der Waals surface area contributed by atoms with E-state index in [0.717, 1.165) is 74.9 Å². The van der Waals surface area contributed by atoms with Gasteiger partial charge in [-0.05, 0) is 42.0 Å². The van der Waals surface area contributed by atoms with Crippen LogP contribution in [0.5, 0.6) is 0 Å². The minimum absolute atomic E-state index is 0.366. The summed E-state index contributed by atoms with van der Waals surface area (Å²) in [5.74, 6) is 0. The molecule has 0 aliphatic rings. The second-order valence-corrected chi connectivity index (χ2v) is 17.6. The van der Waals surface area contributed by atoms with Gasteiger partial charge in [-0.15, -0.1) is 22.7 Å². The van der Waals surface area contributed by atoms with Crippen LogP contribution >= 0.6 is 22.7 Å². The summed E-state index contributed by atoms with van der Waals surface area (Å²) in [5.41, 5.74) is 8.85. The first-order valence-electron chi connectivity index (χ1n) is 20.2. The molecule has 0 spiro atoms. The standard InChI is InChI=1S/C54H28N6S2/c1-56-48-46(31-12-10-26-57-29-31)41(28-55)49(59-42-18-6-2-14-33(42)37-22-24-39-35-16-4-8-20-44(35)61-53(39)50(37)59)47(32-13-11-27-58-30-32)52(48)60-43-19-7-3-15-34(43)38-23-25-40-36-17-5-9-21-45(36)62-54(40)51(38)60/h2-27,29-30H. The second kappa shape index (κ2) is 13.2. The fourth-order valence-electron chi connectivity index (χ4n) is 9.87. The van der Waals surface area contributed by atoms with Crippen molar-refractivity contribution in [1.29, 1.82) is 5.26 Å². The third kappa shape index (κ3) is 4.65. The van der Waals surface area contributed by atoms with Gasteiger partial charge in [0.25, 0.3) is 0 Å². The Morgan fingerprint density at radius 1 is 0.484 bits per heavy atom. The SMILES string of the molecule is [C-]#[N+]c1c(-c2cccnc2)c(C#N)c(-n2c3ccccc3c3ccc4c5ccccc5sc4c32)c(-c2cccnc2)c1-n1c2ccccc2c2ccc3c4ccccc4sc3c21. The van der Waals surface area contributed by atoms with Crippen LogP contribution < -0.4 is 0 Å². The van der Waals surface area contributed by atoms with E-state index in [9.17, 15) is 11.8 Å². The summed E-state index contributed by atoms with van der Waals surface area (Å²) in [5, 5.41) is 20.8. The highest BCUT2D eigenvalue weighted by molar-refractivity contribution is 7.27.